The van der Waals surface area contributed by atoms with Crippen LogP contribution in [-0.4, -0.2) is 39.1 Å². The summed E-state index contributed by atoms with van der Waals surface area (Å²) in [5.74, 6) is -0.551. The van der Waals surface area contributed by atoms with Gasteiger partial charge in [-0.25, -0.2) is 8.42 Å². The lowest BCUT2D eigenvalue weighted by Crippen LogP contribution is -2.45. The van der Waals surface area contributed by atoms with Gasteiger partial charge in [-0.3, -0.25) is 13.9 Å². The van der Waals surface area contributed by atoms with Crippen LogP contribution in [0.5, 0.6) is 0 Å². The van der Waals surface area contributed by atoms with Crippen LogP contribution in [0.15, 0.2) is 48.5 Å². The van der Waals surface area contributed by atoms with E-state index in [9.17, 15) is 18.0 Å². The molecule has 0 bridgehead atoms. The first-order chi connectivity index (χ1) is 14.0. The van der Waals surface area contributed by atoms with Crippen LogP contribution in [0.3, 0.4) is 0 Å². The first kappa shape index (κ1) is 23.4. The van der Waals surface area contributed by atoms with E-state index >= 15 is 0 Å². The standard InChI is InChI=1S/C22H29N3O4S/c1-15(2)14-23-22(27)19-8-6-7-9-20(19)24-21(26)17(4)25(30(5,28)29)18-12-10-16(3)11-13-18/h6-13,15,17H,14H2,1-5H3,(H,23,27)(H,24,26)/t17-/m1/s1. The molecule has 2 aromatic rings. The number of sulfonamides is 1. The van der Waals surface area contributed by atoms with Gasteiger partial charge in [-0.1, -0.05) is 43.7 Å². The Balaban J connectivity index is 2.28. The van der Waals surface area contributed by atoms with E-state index in [4.69, 9.17) is 0 Å². The Labute approximate surface area is 178 Å². The lowest BCUT2D eigenvalue weighted by molar-refractivity contribution is -0.116. The number of hydrogen-bond acceptors (Lipinski definition) is 4. The van der Waals surface area contributed by atoms with E-state index in [-0.39, 0.29) is 11.8 Å². The first-order valence-corrected chi connectivity index (χ1v) is 11.6. The highest BCUT2D eigenvalue weighted by Gasteiger charge is 2.29. The molecule has 0 fully saturated rings. The van der Waals surface area contributed by atoms with Crippen molar-refractivity contribution in [2.45, 2.75) is 33.7 Å². The van der Waals surface area contributed by atoms with Crippen LogP contribution >= 0.6 is 0 Å². The van der Waals surface area contributed by atoms with Crippen LogP contribution in [-0.2, 0) is 14.8 Å². The average molecular weight is 432 g/mol. The summed E-state index contributed by atoms with van der Waals surface area (Å²) in [6, 6.07) is 12.5. The second kappa shape index (κ2) is 9.75. The number of rotatable bonds is 8. The highest BCUT2D eigenvalue weighted by molar-refractivity contribution is 7.92. The third kappa shape index (κ3) is 6.06. The molecule has 7 nitrogen and oxygen atoms in total. The molecule has 2 rings (SSSR count). The summed E-state index contributed by atoms with van der Waals surface area (Å²) in [6.45, 7) is 7.89. The second-order valence-electron chi connectivity index (χ2n) is 7.71. The van der Waals surface area contributed by atoms with Crippen molar-refractivity contribution in [1.82, 2.24) is 5.32 Å². The summed E-state index contributed by atoms with van der Waals surface area (Å²) in [5, 5.41) is 5.53. The minimum atomic E-state index is -3.72. The van der Waals surface area contributed by atoms with Gasteiger partial charge in [-0.15, -0.1) is 0 Å². The molecule has 30 heavy (non-hydrogen) atoms. The number of hydrogen-bond donors (Lipinski definition) is 2. The molecule has 162 valence electrons. The van der Waals surface area contributed by atoms with Gasteiger partial charge in [0.2, 0.25) is 15.9 Å². The molecule has 1 atom stereocenters. The number of amides is 2. The Kier molecular flexibility index (Phi) is 7.61. The highest BCUT2D eigenvalue weighted by atomic mass is 32.2. The molecule has 8 heteroatoms. The fourth-order valence-electron chi connectivity index (χ4n) is 2.92. The topological polar surface area (TPSA) is 95.6 Å². The van der Waals surface area contributed by atoms with Gasteiger partial charge in [0.15, 0.2) is 0 Å². The quantitative estimate of drug-likeness (QED) is 0.671. The van der Waals surface area contributed by atoms with Crippen molar-refractivity contribution in [3.8, 4) is 0 Å². The number of aryl methyl sites for hydroxylation is 1. The van der Waals surface area contributed by atoms with Gasteiger partial charge in [0.05, 0.1) is 23.2 Å². The molecule has 0 aliphatic rings. The molecule has 0 saturated heterocycles. The Hall–Kier alpha value is -2.87. The fraction of sp³-hybridized carbons (Fsp3) is 0.364. The maximum atomic E-state index is 12.9. The summed E-state index contributed by atoms with van der Waals surface area (Å²) >= 11 is 0. The van der Waals surface area contributed by atoms with E-state index < -0.39 is 22.0 Å². The zero-order valence-electron chi connectivity index (χ0n) is 18.0. The van der Waals surface area contributed by atoms with Gasteiger partial charge in [0, 0.05) is 6.54 Å². The molecule has 0 unspecified atom stereocenters. The number of carbonyl (C=O) groups is 2. The Morgan fingerprint density at radius 3 is 2.17 bits per heavy atom. The Bertz CT molecular complexity index is 1000. The third-order valence-corrected chi connectivity index (χ3v) is 5.72. The zero-order valence-corrected chi connectivity index (χ0v) is 18.8. The molecule has 0 aliphatic carbocycles. The number of nitrogens with one attached hydrogen (secondary N) is 2. The van der Waals surface area contributed by atoms with E-state index in [1.165, 1.54) is 6.92 Å². The zero-order chi connectivity index (χ0) is 22.5. The number of anilines is 2. The molecule has 0 heterocycles. The van der Waals surface area contributed by atoms with Crippen molar-refractivity contribution >= 4 is 33.2 Å². The van der Waals surface area contributed by atoms with E-state index in [1.807, 2.05) is 20.8 Å². The maximum Gasteiger partial charge on any atom is 0.253 e. The molecule has 0 saturated carbocycles. The minimum absolute atomic E-state index is 0.286. The SMILES string of the molecule is Cc1ccc(N([C@H](C)C(=O)Nc2ccccc2C(=O)NCC(C)C)S(C)(=O)=O)cc1. The van der Waals surface area contributed by atoms with E-state index in [0.717, 1.165) is 16.1 Å². The van der Waals surface area contributed by atoms with Crippen LogP contribution in [0.25, 0.3) is 0 Å². The van der Waals surface area contributed by atoms with Gasteiger partial charge in [-0.2, -0.15) is 0 Å². The van der Waals surface area contributed by atoms with Crippen LogP contribution in [0, 0.1) is 12.8 Å². The molecule has 2 amide bonds. The summed E-state index contributed by atoms with van der Waals surface area (Å²) < 4.78 is 25.9. The van der Waals surface area contributed by atoms with Crippen LogP contribution in [0.1, 0.15) is 36.7 Å². The third-order valence-electron chi connectivity index (χ3n) is 4.48. The van der Waals surface area contributed by atoms with Gasteiger partial charge >= 0.3 is 0 Å². The van der Waals surface area contributed by atoms with Gasteiger partial charge in [-0.05, 0) is 44.0 Å². The van der Waals surface area contributed by atoms with Crippen molar-refractivity contribution in [3.63, 3.8) is 0 Å². The Morgan fingerprint density at radius 2 is 1.60 bits per heavy atom. The van der Waals surface area contributed by atoms with Gasteiger partial charge < -0.3 is 10.6 Å². The maximum absolute atomic E-state index is 12.9. The summed E-state index contributed by atoms with van der Waals surface area (Å²) in [5.41, 5.74) is 2.02. The van der Waals surface area contributed by atoms with Crippen molar-refractivity contribution < 1.29 is 18.0 Å². The Morgan fingerprint density at radius 1 is 1.00 bits per heavy atom. The molecule has 0 radical (unpaired) electrons. The van der Waals surface area contributed by atoms with Crippen molar-refractivity contribution in [2.24, 2.45) is 5.92 Å². The van der Waals surface area contributed by atoms with Crippen LogP contribution in [0.4, 0.5) is 11.4 Å². The second-order valence-corrected chi connectivity index (χ2v) is 9.57. The predicted molar refractivity (Wildman–Crippen MR) is 120 cm³/mol. The first-order valence-electron chi connectivity index (χ1n) is 9.75. The molecular formula is C22H29N3O4S. The predicted octanol–water partition coefficient (Wildman–Crippen LogP) is 3.17. The molecular weight excluding hydrogens is 402 g/mol. The van der Waals surface area contributed by atoms with Crippen molar-refractivity contribution in [1.29, 1.82) is 0 Å². The normalized spacial score (nSPS) is 12.3. The molecule has 0 aromatic heterocycles. The monoisotopic (exact) mass is 431 g/mol. The van der Waals surface area contributed by atoms with E-state index in [1.54, 1.807) is 48.5 Å². The number of carbonyl (C=O) groups excluding carboxylic acids is 2. The summed E-state index contributed by atoms with van der Waals surface area (Å²) in [7, 11) is -3.72. The summed E-state index contributed by atoms with van der Waals surface area (Å²) in [6.07, 6.45) is 1.06. The lowest BCUT2D eigenvalue weighted by atomic mass is 10.1. The van der Waals surface area contributed by atoms with Crippen molar-refractivity contribution in [2.75, 3.05) is 22.4 Å². The fourth-order valence-corrected chi connectivity index (χ4v) is 4.09. The number of benzene rings is 2. The van der Waals surface area contributed by atoms with Gasteiger partial charge in [0.25, 0.3) is 5.91 Å². The molecule has 0 spiro atoms. The molecule has 2 N–H and O–H groups in total. The van der Waals surface area contributed by atoms with Crippen LogP contribution in [0.2, 0.25) is 0 Å². The van der Waals surface area contributed by atoms with E-state index in [2.05, 4.69) is 10.6 Å². The van der Waals surface area contributed by atoms with Gasteiger partial charge in [0.1, 0.15) is 6.04 Å². The van der Waals surface area contributed by atoms with E-state index in [0.29, 0.717) is 23.5 Å². The molecule has 2 aromatic carbocycles. The average Bonchev–Trinajstić information content (AvgIpc) is 2.67. The van der Waals surface area contributed by atoms with Crippen LogP contribution < -0.4 is 14.9 Å². The highest BCUT2D eigenvalue weighted by Crippen LogP contribution is 2.23. The van der Waals surface area contributed by atoms with Crippen molar-refractivity contribution in [3.05, 3.63) is 59.7 Å². The lowest BCUT2D eigenvalue weighted by Gasteiger charge is -2.28. The number of nitrogens with zero attached hydrogens (tertiary/aromatic N) is 1. The number of para-hydroxylation sites is 1. The smallest absolute Gasteiger partial charge is 0.253 e. The largest absolute Gasteiger partial charge is 0.352 e. The minimum Gasteiger partial charge on any atom is -0.352 e. The summed E-state index contributed by atoms with van der Waals surface area (Å²) in [4.78, 5) is 25.4. The molecule has 0 aliphatic heterocycles.